The van der Waals surface area contributed by atoms with Crippen molar-refractivity contribution in [3.05, 3.63) is 0 Å². The first-order chi connectivity index (χ1) is 7.96. The predicted octanol–water partition coefficient (Wildman–Crippen LogP) is 4.93. The minimum Gasteiger partial charge on any atom is -0.322 e. The minimum absolute atomic E-state index is 0.00902. The lowest BCUT2D eigenvalue weighted by molar-refractivity contribution is 0.275. The van der Waals surface area contributed by atoms with Gasteiger partial charge in [0.15, 0.2) is 0 Å². The highest BCUT2D eigenvalue weighted by atomic mass is 31.2. The molecule has 0 heterocycles. The Kier molecular flexibility index (Phi) is 6.64. The Morgan fingerprint density at radius 1 is 0.944 bits per heavy atom. The Morgan fingerprint density at radius 2 is 1.33 bits per heavy atom. The fraction of sp³-hybridized carbons (Fsp3) is 1.00. The van der Waals surface area contributed by atoms with Gasteiger partial charge in [0.2, 0.25) is 0 Å². The highest BCUT2D eigenvalue weighted by Gasteiger charge is 2.41. The van der Waals surface area contributed by atoms with Crippen LogP contribution >= 0.6 is 7.14 Å². The molecule has 1 unspecified atom stereocenters. The zero-order valence-electron chi connectivity index (χ0n) is 13.8. The second kappa shape index (κ2) is 6.57. The van der Waals surface area contributed by atoms with Gasteiger partial charge in [0.1, 0.15) is 7.14 Å². The van der Waals surface area contributed by atoms with Crippen molar-refractivity contribution in [3.63, 3.8) is 0 Å². The zero-order valence-corrected chi connectivity index (χ0v) is 14.7. The summed E-state index contributed by atoms with van der Waals surface area (Å²) in [5.41, 5.74) is 0.0439. The molecule has 0 aliphatic carbocycles. The van der Waals surface area contributed by atoms with E-state index in [1.165, 1.54) is 0 Å². The van der Waals surface area contributed by atoms with Gasteiger partial charge in [-0.25, -0.2) is 0 Å². The summed E-state index contributed by atoms with van der Waals surface area (Å²) in [6.07, 6.45) is 3.75. The molecule has 0 fully saturated rings. The molecule has 0 bridgehead atoms. The second-order valence-electron chi connectivity index (χ2n) is 7.56. The number of hydrogen-bond donors (Lipinski definition) is 1. The van der Waals surface area contributed by atoms with Gasteiger partial charge in [-0.2, -0.15) is 0 Å². The Labute approximate surface area is 115 Å². The molecule has 0 rings (SSSR count). The van der Waals surface area contributed by atoms with Crippen LogP contribution in [0, 0.1) is 5.41 Å². The summed E-state index contributed by atoms with van der Waals surface area (Å²) in [4.78, 5) is 0. The Balaban J connectivity index is 5.32. The Bertz CT molecular complexity index is 276. The number of rotatable bonds is 6. The maximum absolute atomic E-state index is 13.4. The minimum atomic E-state index is -2.16. The van der Waals surface area contributed by atoms with Gasteiger partial charge in [-0.1, -0.05) is 34.6 Å². The maximum atomic E-state index is 13.4. The second-order valence-corrected chi connectivity index (χ2v) is 10.9. The molecule has 110 valence electrons. The summed E-state index contributed by atoms with van der Waals surface area (Å²) in [5.74, 6) is 0.116. The SMILES string of the molecule is CCCP(=O)(CCC)C(NC(C)(C)C)C(C)(C)C. The molecule has 0 spiro atoms. The van der Waals surface area contributed by atoms with Crippen LogP contribution in [0.15, 0.2) is 0 Å². The van der Waals surface area contributed by atoms with Gasteiger partial charge < -0.3 is 9.88 Å². The summed E-state index contributed by atoms with van der Waals surface area (Å²) >= 11 is 0. The first-order valence-electron chi connectivity index (χ1n) is 7.31. The summed E-state index contributed by atoms with van der Waals surface area (Å²) < 4.78 is 13.4. The average molecular weight is 275 g/mol. The lowest BCUT2D eigenvalue weighted by atomic mass is 9.94. The summed E-state index contributed by atoms with van der Waals surface area (Å²) in [7, 11) is -2.16. The molecule has 0 radical (unpaired) electrons. The van der Waals surface area contributed by atoms with Crippen LogP contribution < -0.4 is 5.32 Å². The molecule has 0 aliphatic heterocycles. The van der Waals surface area contributed by atoms with Gasteiger partial charge in [-0.15, -0.1) is 0 Å². The summed E-state index contributed by atoms with van der Waals surface area (Å²) in [6.45, 7) is 17.4. The van der Waals surface area contributed by atoms with Crippen molar-refractivity contribution in [1.29, 1.82) is 0 Å². The van der Waals surface area contributed by atoms with Crippen LogP contribution in [0.5, 0.6) is 0 Å². The van der Waals surface area contributed by atoms with E-state index in [1.54, 1.807) is 0 Å². The molecule has 2 nitrogen and oxygen atoms in total. The van der Waals surface area contributed by atoms with E-state index in [1.807, 2.05) is 0 Å². The fourth-order valence-corrected chi connectivity index (χ4v) is 6.87. The Morgan fingerprint density at radius 3 is 1.56 bits per heavy atom. The highest BCUT2D eigenvalue weighted by molar-refractivity contribution is 7.64. The normalized spacial score (nSPS) is 15.8. The molecule has 0 aromatic rings. The van der Waals surface area contributed by atoms with Gasteiger partial charge in [0, 0.05) is 17.9 Å². The van der Waals surface area contributed by atoms with E-state index in [9.17, 15) is 4.57 Å². The first-order valence-corrected chi connectivity index (χ1v) is 9.46. The van der Waals surface area contributed by atoms with Crippen molar-refractivity contribution in [2.45, 2.75) is 79.6 Å². The molecular formula is C15H34NOP. The third-order valence-corrected chi connectivity index (χ3v) is 7.32. The quantitative estimate of drug-likeness (QED) is 0.696. The smallest absolute Gasteiger partial charge is 0.104 e. The highest BCUT2D eigenvalue weighted by Crippen LogP contribution is 2.56. The van der Waals surface area contributed by atoms with E-state index in [0.29, 0.717) is 0 Å². The van der Waals surface area contributed by atoms with E-state index in [-0.39, 0.29) is 16.7 Å². The lowest BCUT2D eigenvalue weighted by Crippen LogP contribution is -2.50. The molecule has 0 aromatic carbocycles. The molecule has 0 aromatic heterocycles. The van der Waals surface area contributed by atoms with Gasteiger partial charge >= 0.3 is 0 Å². The molecule has 3 heteroatoms. The van der Waals surface area contributed by atoms with Crippen molar-refractivity contribution >= 4 is 7.14 Å². The molecule has 0 amide bonds. The lowest BCUT2D eigenvalue weighted by Gasteiger charge is -2.42. The largest absolute Gasteiger partial charge is 0.322 e. The molecule has 1 N–H and O–H groups in total. The van der Waals surface area contributed by atoms with E-state index in [2.05, 4.69) is 60.7 Å². The number of hydrogen-bond acceptors (Lipinski definition) is 2. The van der Waals surface area contributed by atoms with Crippen molar-refractivity contribution in [2.75, 3.05) is 12.3 Å². The molecule has 0 aliphatic rings. The van der Waals surface area contributed by atoms with Crippen LogP contribution in [0.3, 0.4) is 0 Å². The molecule has 1 atom stereocenters. The zero-order chi connectivity index (χ0) is 14.6. The van der Waals surface area contributed by atoms with Gasteiger partial charge in [0.25, 0.3) is 0 Å². The van der Waals surface area contributed by atoms with Gasteiger partial charge in [-0.05, 0) is 39.0 Å². The molecule has 18 heavy (non-hydrogen) atoms. The van der Waals surface area contributed by atoms with Crippen molar-refractivity contribution in [1.82, 2.24) is 5.32 Å². The van der Waals surface area contributed by atoms with Crippen molar-refractivity contribution in [2.24, 2.45) is 5.41 Å². The van der Waals surface area contributed by atoms with E-state index in [0.717, 1.165) is 25.2 Å². The topological polar surface area (TPSA) is 29.1 Å². The summed E-state index contributed by atoms with van der Waals surface area (Å²) in [5, 5.41) is 3.64. The van der Waals surface area contributed by atoms with Crippen LogP contribution in [-0.2, 0) is 4.57 Å². The number of nitrogens with one attached hydrogen (secondary N) is 1. The fourth-order valence-electron chi connectivity index (χ4n) is 2.58. The molecular weight excluding hydrogens is 241 g/mol. The van der Waals surface area contributed by atoms with E-state index >= 15 is 0 Å². The van der Waals surface area contributed by atoms with Crippen LogP contribution in [-0.4, -0.2) is 23.6 Å². The van der Waals surface area contributed by atoms with E-state index < -0.39 is 7.14 Å². The van der Waals surface area contributed by atoms with Crippen LogP contribution in [0.4, 0.5) is 0 Å². The van der Waals surface area contributed by atoms with Gasteiger partial charge in [-0.3, -0.25) is 0 Å². The predicted molar refractivity (Wildman–Crippen MR) is 84.1 cm³/mol. The third-order valence-electron chi connectivity index (χ3n) is 3.06. The standard InChI is InChI=1S/C15H34NOP/c1-9-11-18(17,12-10-2)13(14(3,4)5)16-15(6,7)8/h13,16H,9-12H2,1-8H3. The van der Waals surface area contributed by atoms with Crippen LogP contribution in [0.25, 0.3) is 0 Å². The first kappa shape index (κ1) is 18.2. The van der Waals surface area contributed by atoms with Gasteiger partial charge in [0.05, 0.1) is 5.78 Å². The summed E-state index contributed by atoms with van der Waals surface area (Å²) in [6, 6.07) is 0. The molecule has 0 saturated heterocycles. The van der Waals surface area contributed by atoms with Crippen molar-refractivity contribution < 1.29 is 4.57 Å². The van der Waals surface area contributed by atoms with Crippen molar-refractivity contribution in [3.8, 4) is 0 Å². The third kappa shape index (κ3) is 5.89. The average Bonchev–Trinajstić information content (AvgIpc) is 2.12. The molecule has 0 saturated carbocycles. The Hall–Kier alpha value is 0.190. The monoisotopic (exact) mass is 275 g/mol. The van der Waals surface area contributed by atoms with E-state index in [4.69, 9.17) is 0 Å². The van der Waals surface area contributed by atoms with Crippen LogP contribution in [0.2, 0.25) is 0 Å². The maximum Gasteiger partial charge on any atom is 0.104 e. The van der Waals surface area contributed by atoms with Crippen LogP contribution in [0.1, 0.15) is 68.2 Å².